The van der Waals surface area contributed by atoms with E-state index < -0.39 is 0 Å². The first kappa shape index (κ1) is 18.3. The van der Waals surface area contributed by atoms with Gasteiger partial charge < -0.3 is 9.64 Å². The number of esters is 1. The summed E-state index contributed by atoms with van der Waals surface area (Å²) in [6, 6.07) is 0.297. The normalized spacial score (nSPS) is 18.5. The average Bonchev–Trinajstić information content (AvgIpc) is 2.40. The van der Waals surface area contributed by atoms with E-state index in [-0.39, 0.29) is 57.5 Å². The van der Waals surface area contributed by atoms with Gasteiger partial charge in [-0.3, -0.25) is 9.59 Å². The molecule has 0 aromatic carbocycles. The van der Waals surface area contributed by atoms with Crippen LogP contribution < -0.4 is 0 Å². The van der Waals surface area contributed by atoms with Crippen LogP contribution in [0, 0.1) is 0 Å². The van der Waals surface area contributed by atoms with Crippen molar-refractivity contribution in [2.75, 3.05) is 6.61 Å². The molecule has 21 heavy (non-hydrogen) atoms. The zero-order valence-electron chi connectivity index (χ0n) is 13.6. The number of carbonyl (C=O) groups excluding carboxylic acids is 2. The van der Waals surface area contributed by atoms with E-state index in [9.17, 15) is 9.59 Å². The second-order valence-electron chi connectivity index (χ2n) is 5.56. The van der Waals surface area contributed by atoms with Gasteiger partial charge in [-0.15, -0.1) is 0 Å². The van der Waals surface area contributed by atoms with Crippen molar-refractivity contribution in [3.63, 3.8) is 0 Å². The minimum Gasteiger partial charge on any atom is -0.466 e. The first-order valence-electron chi connectivity index (χ1n) is 7.46. The second kappa shape index (κ2) is 8.66. The maximum atomic E-state index is 12.5. The van der Waals surface area contributed by atoms with Crippen molar-refractivity contribution in [1.82, 2.24) is 4.90 Å². The average molecular weight is 407 g/mol. The van der Waals surface area contributed by atoms with Crippen LogP contribution in [-0.2, 0) is 14.3 Å². The van der Waals surface area contributed by atoms with Gasteiger partial charge in [0.25, 0.3) is 0 Å². The number of ether oxygens (including phenoxy) is 1. The Morgan fingerprint density at radius 2 is 2.05 bits per heavy atom. The Balaban J connectivity index is 2.73. The third-order valence-electron chi connectivity index (χ3n) is 3.44. The standard InChI is InChI=1S/C16H26INO3/c1-6-21-16(20)8-7-15(19)18(11(2)3)14-9-13(5)17-10-12(14)4/h10-11,14H,6-9H2,1-5H3. The van der Waals surface area contributed by atoms with Crippen molar-refractivity contribution in [1.29, 1.82) is 0 Å². The molecule has 0 saturated carbocycles. The molecule has 0 fully saturated rings. The highest BCUT2D eigenvalue weighted by atomic mass is 127. The van der Waals surface area contributed by atoms with Crippen LogP contribution in [-0.4, -0.2) is 39.0 Å². The van der Waals surface area contributed by atoms with E-state index in [0.717, 1.165) is 6.42 Å². The molecule has 0 saturated heterocycles. The number of hydrogen-bond donors (Lipinski definition) is 0. The van der Waals surface area contributed by atoms with Gasteiger partial charge in [-0.1, -0.05) is 20.7 Å². The molecule has 0 aliphatic carbocycles. The van der Waals surface area contributed by atoms with Gasteiger partial charge in [0.15, 0.2) is 0 Å². The summed E-state index contributed by atoms with van der Waals surface area (Å²) in [5, 5.41) is 0. The van der Waals surface area contributed by atoms with E-state index in [1.165, 1.54) is 9.08 Å². The fourth-order valence-electron chi connectivity index (χ4n) is 2.43. The van der Waals surface area contributed by atoms with Crippen molar-refractivity contribution in [2.24, 2.45) is 0 Å². The molecular weight excluding hydrogens is 381 g/mol. The number of nitrogens with zero attached hydrogens (tertiary/aromatic N) is 1. The summed E-state index contributed by atoms with van der Waals surface area (Å²) in [7, 11) is 0. The lowest BCUT2D eigenvalue weighted by atomic mass is 10.0. The predicted octanol–water partition coefficient (Wildman–Crippen LogP) is 3.41. The van der Waals surface area contributed by atoms with Crippen molar-refractivity contribution >= 4 is 36.1 Å². The van der Waals surface area contributed by atoms with E-state index in [0.29, 0.717) is 6.61 Å². The van der Waals surface area contributed by atoms with Crippen LogP contribution in [0.15, 0.2) is 9.66 Å². The van der Waals surface area contributed by atoms with Crippen molar-refractivity contribution in [3.8, 4) is 0 Å². The molecule has 0 bridgehead atoms. The third kappa shape index (κ3) is 5.52. The van der Waals surface area contributed by atoms with Gasteiger partial charge >= 0.3 is 5.97 Å². The Hall–Kier alpha value is -0.720. The molecule has 5 heteroatoms. The van der Waals surface area contributed by atoms with Gasteiger partial charge in [-0.25, -0.2) is 0 Å². The number of halogens is 1. The van der Waals surface area contributed by atoms with Crippen molar-refractivity contribution in [3.05, 3.63) is 9.66 Å². The van der Waals surface area contributed by atoms with Gasteiger partial charge in [0.2, 0.25) is 5.91 Å². The fourth-order valence-corrected chi connectivity index (χ4v) is 4.54. The fraction of sp³-hybridized carbons (Fsp3) is 0.688. The highest BCUT2D eigenvalue weighted by molar-refractivity contribution is 14.2. The minimum absolute atomic E-state index is 0.0378. The molecule has 4 nitrogen and oxygen atoms in total. The molecule has 1 aliphatic heterocycles. The van der Waals surface area contributed by atoms with Gasteiger partial charge in [0.05, 0.1) is 19.1 Å². The summed E-state index contributed by atoms with van der Waals surface area (Å²) in [4.78, 5) is 25.9. The summed E-state index contributed by atoms with van der Waals surface area (Å²) in [5.74, 6) is -0.247. The summed E-state index contributed by atoms with van der Waals surface area (Å²) in [6.07, 6.45) is 1.37. The van der Waals surface area contributed by atoms with E-state index in [2.05, 4.69) is 17.9 Å². The molecule has 0 radical (unpaired) electrons. The first-order chi connectivity index (χ1) is 9.86. The largest absolute Gasteiger partial charge is 0.466 e. The molecule has 0 N–H and O–H groups in total. The smallest absolute Gasteiger partial charge is 0.306 e. The van der Waals surface area contributed by atoms with Crippen LogP contribution in [0.25, 0.3) is 0 Å². The SMILES string of the molecule is CCOC(=O)CCC(=O)N(C(C)C)C1CC(C)=IC=C1C. The Bertz CT molecular complexity index is 454. The van der Waals surface area contributed by atoms with E-state index in [4.69, 9.17) is 4.74 Å². The van der Waals surface area contributed by atoms with Crippen LogP contribution in [0.3, 0.4) is 0 Å². The topological polar surface area (TPSA) is 46.6 Å². The highest BCUT2D eigenvalue weighted by Crippen LogP contribution is 2.27. The molecule has 0 aromatic rings. The van der Waals surface area contributed by atoms with Crippen molar-refractivity contribution in [2.45, 2.75) is 66.0 Å². The lowest BCUT2D eigenvalue weighted by molar-refractivity contribution is -0.146. The maximum Gasteiger partial charge on any atom is 0.306 e. The zero-order valence-corrected chi connectivity index (χ0v) is 15.8. The minimum atomic E-state index is -0.293. The van der Waals surface area contributed by atoms with Crippen LogP contribution in [0.1, 0.15) is 53.9 Å². The first-order valence-corrected chi connectivity index (χ1v) is 9.78. The number of carbonyl (C=O) groups is 2. The number of rotatable bonds is 6. The molecule has 0 spiro atoms. The molecule has 1 unspecified atom stereocenters. The van der Waals surface area contributed by atoms with Crippen LogP contribution >= 0.6 is 20.7 Å². The molecule has 1 amide bonds. The Morgan fingerprint density at radius 3 is 2.62 bits per heavy atom. The maximum absolute atomic E-state index is 12.5. The van der Waals surface area contributed by atoms with Crippen LogP contribution in [0.2, 0.25) is 0 Å². The van der Waals surface area contributed by atoms with Crippen LogP contribution in [0.5, 0.6) is 0 Å². The van der Waals surface area contributed by atoms with Gasteiger partial charge in [0.1, 0.15) is 0 Å². The molecule has 0 aromatic heterocycles. The zero-order chi connectivity index (χ0) is 16.0. The number of hydrogen-bond acceptors (Lipinski definition) is 3. The molecular formula is C16H26INO3. The van der Waals surface area contributed by atoms with Gasteiger partial charge in [0, 0.05) is 12.5 Å². The Labute approximate surface area is 137 Å². The predicted molar refractivity (Wildman–Crippen MR) is 94.7 cm³/mol. The third-order valence-corrected chi connectivity index (χ3v) is 6.24. The Morgan fingerprint density at radius 1 is 1.38 bits per heavy atom. The molecule has 120 valence electrons. The summed E-state index contributed by atoms with van der Waals surface area (Å²) in [6.45, 7) is 10.5. The number of amides is 1. The monoisotopic (exact) mass is 407 g/mol. The molecule has 1 atom stereocenters. The summed E-state index contributed by atoms with van der Waals surface area (Å²) >= 11 is 0.0378. The van der Waals surface area contributed by atoms with Crippen LogP contribution in [0.4, 0.5) is 0 Å². The van der Waals surface area contributed by atoms with Gasteiger partial charge in [-0.2, -0.15) is 0 Å². The summed E-state index contributed by atoms with van der Waals surface area (Å²) < 4.78 is 8.72. The highest BCUT2D eigenvalue weighted by Gasteiger charge is 2.29. The molecule has 1 heterocycles. The van der Waals surface area contributed by atoms with Gasteiger partial charge in [-0.05, 0) is 54.2 Å². The van der Waals surface area contributed by atoms with E-state index >= 15 is 0 Å². The second-order valence-corrected chi connectivity index (χ2v) is 8.65. The van der Waals surface area contributed by atoms with Crippen molar-refractivity contribution < 1.29 is 14.3 Å². The Kier molecular flexibility index (Phi) is 7.56. The lowest BCUT2D eigenvalue weighted by Gasteiger charge is -2.37. The lowest BCUT2D eigenvalue weighted by Crippen LogP contribution is -2.46. The molecule has 1 aliphatic rings. The quantitative estimate of drug-likeness (QED) is 0.501. The van der Waals surface area contributed by atoms with E-state index in [1.807, 2.05) is 18.7 Å². The summed E-state index contributed by atoms with van der Waals surface area (Å²) in [5.41, 5.74) is 1.30. The van der Waals surface area contributed by atoms with E-state index in [1.54, 1.807) is 6.92 Å². The molecule has 1 rings (SSSR count).